The van der Waals surface area contributed by atoms with Crippen molar-refractivity contribution in [1.82, 2.24) is 0 Å². The average Bonchev–Trinajstić information content (AvgIpc) is 2.27. The number of alkyl halides is 3. The second-order valence-corrected chi connectivity index (χ2v) is 7.87. The highest BCUT2D eigenvalue weighted by Gasteiger charge is 2.31. The Hall–Kier alpha value is -1.44. The molecule has 0 aliphatic heterocycles. The number of benzene rings is 1. The Morgan fingerprint density at radius 3 is 2.19 bits per heavy atom. The van der Waals surface area contributed by atoms with Crippen LogP contribution in [-0.4, -0.2) is 14.2 Å². The minimum atomic E-state index is -4.52. The molecule has 1 aromatic rings. The van der Waals surface area contributed by atoms with Crippen LogP contribution in [0.3, 0.4) is 0 Å². The molecule has 0 aromatic heterocycles. The summed E-state index contributed by atoms with van der Waals surface area (Å²) in [5.41, 5.74) is 4.09. The monoisotopic (exact) mass is 324 g/mol. The summed E-state index contributed by atoms with van der Waals surface area (Å²) in [6.45, 7) is 5.69. The Balaban J connectivity index is 2.89. The minimum Gasteiger partial charge on any atom is -0.397 e. The number of halogens is 3. The summed E-state index contributed by atoms with van der Waals surface area (Å²) in [5.74, 6) is -0.128. The minimum absolute atomic E-state index is 0.0445. The molecule has 4 nitrogen and oxygen atoms in total. The molecule has 0 spiro atoms. The first-order valence-corrected chi connectivity index (χ1v) is 7.93. The highest BCUT2D eigenvalue weighted by atomic mass is 32.2. The van der Waals surface area contributed by atoms with Crippen molar-refractivity contribution >= 4 is 21.4 Å². The van der Waals surface area contributed by atoms with E-state index in [1.54, 1.807) is 0 Å². The zero-order valence-corrected chi connectivity index (χ0v) is 12.9. The predicted octanol–water partition coefficient (Wildman–Crippen LogP) is 3.47. The number of hydrogen-bond donors (Lipinski definition) is 2. The van der Waals surface area contributed by atoms with E-state index < -0.39 is 21.8 Å². The van der Waals surface area contributed by atoms with E-state index in [4.69, 9.17) is 5.73 Å². The number of hydrogen-bond acceptors (Lipinski definition) is 3. The smallest absolute Gasteiger partial charge is 0.397 e. The van der Waals surface area contributed by atoms with Crippen LogP contribution in [-0.2, 0) is 16.2 Å². The maximum atomic E-state index is 12.5. The molecule has 0 unspecified atom stereocenters. The fourth-order valence-corrected chi connectivity index (χ4v) is 3.00. The predicted molar refractivity (Wildman–Crippen MR) is 77.3 cm³/mol. The van der Waals surface area contributed by atoms with Crippen molar-refractivity contribution < 1.29 is 21.6 Å². The molecule has 0 atom stereocenters. The fraction of sp³-hybridized carbons (Fsp3) is 0.538. The van der Waals surface area contributed by atoms with Crippen LogP contribution in [0.4, 0.5) is 24.5 Å². The zero-order chi connectivity index (χ0) is 16.5. The molecule has 8 heteroatoms. The molecular weight excluding hydrogens is 305 g/mol. The SMILES string of the molecule is CC(C)(C)CCS(=O)(=O)Nc1ccc(C(F)(F)F)cc1N. The van der Waals surface area contributed by atoms with Gasteiger partial charge in [-0.25, -0.2) is 8.42 Å². The molecule has 0 aliphatic carbocycles. The number of nitrogen functional groups attached to an aromatic ring is 1. The van der Waals surface area contributed by atoms with E-state index in [1.807, 2.05) is 20.8 Å². The van der Waals surface area contributed by atoms with E-state index in [0.29, 0.717) is 12.5 Å². The summed E-state index contributed by atoms with van der Waals surface area (Å²) >= 11 is 0. The van der Waals surface area contributed by atoms with E-state index in [2.05, 4.69) is 4.72 Å². The van der Waals surface area contributed by atoms with Gasteiger partial charge in [-0.1, -0.05) is 20.8 Å². The van der Waals surface area contributed by atoms with Crippen LogP contribution in [0.15, 0.2) is 18.2 Å². The van der Waals surface area contributed by atoms with E-state index >= 15 is 0 Å². The first-order valence-electron chi connectivity index (χ1n) is 6.27. The van der Waals surface area contributed by atoms with Crippen molar-refractivity contribution in [2.24, 2.45) is 5.41 Å². The Labute approximate surface area is 122 Å². The molecule has 0 radical (unpaired) electrons. The van der Waals surface area contributed by atoms with Gasteiger partial charge in [-0.05, 0) is 30.0 Å². The third-order valence-corrected chi connectivity index (χ3v) is 4.04. The molecule has 0 bridgehead atoms. The molecule has 0 fully saturated rings. The number of nitrogens with two attached hydrogens (primary N) is 1. The number of anilines is 2. The first-order chi connectivity index (χ1) is 9.30. The maximum absolute atomic E-state index is 12.5. The molecule has 0 heterocycles. The van der Waals surface area contributed by atoms with Gasteiger partial charge in [-0.15, -0.1) is 0 Å². The van der Waals surface area contributed by atoms with E-state index in [9.17, 15) is 21.6 Å². The summed E-state index contributed by atoms with van der Waals surface area (Å²) in [6, 6.07) is 2.52. The van der Waals surface area contributed by atoms with Gasteiger partial charge < -0.3 is 5.73 Å². The lowest BCUT2D eigenvalue weighted by atomic mass is 9.94. The van der Waals surface area contributed by atoms with Crippen molar-refractivity contribution in [2.75, 3.05) is 16.2 Å². The van der Waals surface area contributed by atoms with Gasteiger partial charge in [0.05, 0.1) is 22.7 Å². The third-order valence-electron chi connectivity index (χ3n) is 2.77. The molecular formula is C13H19F3N2O2S. The molecule has 0 aliphatic rings. The molecule has 0 saturated carbocycles. The van der Waals surface area contributed by atoms with Gasteiger partial charge in [0.2, 0.25) is 10.0 Å². The van der Waals surface area contributed by atoms with Crippen LogP contribution in [0.25, 0.3) is 0 Å². The molecule has 21 heavy (non-hydrogen) atoms. The Kier molecular flexibility index (Phi) is 4.82. The molecule has 3 N–H and O–H groups in total. The topological polar surface area (TPSA) is 72.2 Å². The third kappa shape index (κ3) is 5.82. The quantitative estimate of drug-likeness (QED) is 0.833. The Morgan fingerprint density at radius 1 is 1.19 bits per heavy atom. The standard InChI is InChI=1S/C13H19F3N2O2S/c1-12(2,3)6-7-21(19,20)18-11-5-4-9(8-10(11)17)13(14,15)16/h4-5,8,18H,6-7,17H2,1-3H3. The molecule has 0 saturated heterocycles. The average molecular weight is 324 g/mol. The number of rotatable bonds is 4. The summed E-state index contributed by atoms with van der Waals surface area (Å²) < 4.78 is 63.5. The van der Waals surface area contributed by atoms with Crippen LogP contribution >= 0.6 is 0 Å². The Morgan fingerprint density at radius 2 is 1.76 bits per heavy atom. The summed E-state index contributed by atoms with van der Waals surface area (Å²) in [4.78, 5) is 0. The zero-order valence-electron chi connectivity index (χ0n) is 12.1. The van der Waals surface area contributed by atoms with Gasteiger partial charge in [-0.2, -0.15) is 13.2 Å². The van der Waals surface area contributed by atoms with Crippen molar-refractivity contribution in [3.8, 4) is 0 Å². The van der Waals surface area contributed by atoms with Crippen LogP contribution in [0.2, 0.25) is 0 Å². The van der Waals surface area contributed by atoms with Gasteiger partial charge >= 0.3 is 6.18 Å². The van der Waals surface area contributed by atoms with Crippen molar-refractivity contribution in [3.05, 3.63) is 23.8 Å². The van der Waals surface area contributed by atoms with Gasteiger partial charge in [0.1, 0.15) is 0 Å². The fourth-order valence-electron chi connectivity index (χ4n) is 1.49. The van der Waals surface area contributed by atoms with Crippen LogP contribution in [0.1, 0.15) is 32.8 Å². The van der Waals surface area contributed by atoms with E-state index in [1.165, 1.54) is 0 Å². The first kappa shape index (κ1) is 17.6. The van der Waals surface area contributed by atoms with Crippen molar-refractivity contribution in [3.63, 3.8) is 0 Å². The number of sulfonamides is 1. The maximum Gasteiger partial charge on any atom is 0.416 e. The molecule has 0 amide bonds. The molecule has 120 valence electrons. The highest BCUT2D eigenvalue weighted by Crippen LogP contribution is 2.33. The van der Waals surface area contributed by atoms with Crippen LogP contribution in [0.5, 0.6) is 0 Å². The van der Waals surface area contributed by atoms with Crippen molar-refractivity contribution in [1.29, 1.82) is 0 Å². The van der Waals surface area contributed by atoms with Gasteiger partial charge in [0.25, 0.3) is 0 Å². The lowest BCUT2D eigenvalue weighted by Crippen LogP contribution is -2.21. The molecule has 1 aromatic carbocycles. The normalized spacial score (nSPS) is 13.2. The highest BCUT2D eigenvalue weighted by molar-refractivity contribution is 7.92. The van der Waals surface area contributed by atoms with Crippen LogP contribution in [0, 0.1) is 5.41 Å². The summed E-state index contributed by atoms with van der Waals surface area (Å²) in [5, 5.41) is 0. The lowest BCUT2D eigenvalue weighted by Gasteiger charge is -2.18. The Bertz CT molecular complexity index is 605. The lowest BCUT2D eigenvalue weighted by molar-refractivity contribution is -0.137. The van der Waals surface area contributed by atoms with Crippen LogP contribution < -0.4 is 10.5 Å². The second kappa shape index (κ2) is 5.75. The van der Waals surface area contributed by atoms with E-state index in [0.717, 1.165) is 12.1 Å². The van der Waals surface area contributed by atoms with E-state index in [-0.39, 0.29) is 22.5 Å². The second-order valence-electron chi connectivity index (χ2n) is 6.03. The summed E-state index contributed by atoms with van der Waals surface area (Å²) in [7, 11) is -3.65. The van der Waals surface area contributed by atoms with Crippen molar-refractivity contribution in [2.45, 2.75) is 33.4 Å². The number of nitrogens with one attached hydrogen (secondary N) is 1. The summed E-state index contributed by atoms with van der Waals surface area (Å²) in [6.07, 6.45) is -4.10. The van der Waals surface area contributed by atoms with Gasteiger partial charge in [-0.3, -0.25) is 4.72 Å². The van der Waals surface area contributed by atoms with Gasteiger partial charge in [0, 0.05) is 0 Å². The largest absolute Gasteiger partial charge is 0.416 e. The molecule has 1 rings (SSSR count). The van der Waals surface area contributed by atoms with Gasteiger partial charge in [0.15, 0.2) is 0 Å².